The molecule has 1 heterocycles. The van der Waals surface area contributed by atoms with Gasteiger partial charge in [-0.2, -0.15) is 0 Å². The summed E-state index contributed by atoms with van der Waals surface area (Å²) >= 11 is 0. The fourth-order valence-electron chi connectivity index (χ4n) is 7.55. The molecule has 1 aromatic rings. The molecule has 3 atom stereocenters. The van der Waals surface area contributed by atoms with Crippen molar-refractivity contribution in [3.8, 4) is 11.5 Å². The Bertz CT molecular complexity index is 1140. The number of phenolic OH excluding ortho intramolecular Hbond substituents is 1. The molecule has 1 amide bonds. The number of aliphatic hydroxyl groups excluding tert-OH is 1. The van der Waals surface area contributed by atoms with Gasteiger partial charge >= 0.3 is 5.97 Å². The van der Waals surface area contributed by atoms with Gasteiger partial charge in [0.1, 0.15) is 6.10 Å². The number of likely N-dealkylation sites (tertiary alicyclic amines) is 1. The normalized spacial score (nSPS) is 20.5. The number of aliphatic hydroxyl groups is 1. The molecule has 0 bridgehead atoms. The molecule has 4 rings (SSSR count). The van der Waals surface area contributed by atoms with Gasteiger partial charge in [0.15, 0.2) is 17.5 Å². The van der Waals surface area contributed by atoms with Crippen LogP contribution in [0.25, 0.3) is 0 Å². The summed E-state index contributed by atoms with van der Waals surface area (Å²) in [5.41, 5.74) is 12.5. The van der Waals surface area contributed by atoms with E-state index in [0.29, 0.717) is 62.9 Å². The summed E-state index contributed by atoms with van der Waals surface area (Å²) in [7, 11) is 0. The Morgan fingerprint density at radius 2 is 1.76 bits per heavy atom. The van der Waals surface area contributed by atoms with Gasteiger partial charge in [-0.3, -0.25) is 14.6 Å². The summed E-state index contributed by atoms with van der Waals surface area (Å²) in [6.07, 6.45) is 16.8. The molecule has 1 aliphatic heterocycles. The summed E-state index contributed by atoms with van der Waals surface area (Å²) in [4.78, 5) is 30.7. The SMILES string of the molecule is CC(=O)O[C@H](CCc1cc(CN2C[C@@H](CCN=C(N)N)CC2=O)c(O)c(OC2CCCC2)c1)C[C@@H](O)CCCCC1CCCCC1. The largest absolute Gasteiger partial charge is 0.504 e. The molecule has 0 aromatic heterocycles. The number of hydrogen-bond acceptors (Lipinski definition) is 7. The van der Waals surface area contributed by atoms with Crippen molar-refractivity contribution in [3.05, 3.63) is 23.3 Å². The van der Waals surface area contributed by atoms with E-state index in [2.05, 4.69) is 4.99 Å². The van der Waals surface area contributed by atoms with Gasteiger partial charge in [0.05, 0.1) is 12.2 Å². The fraction of sp³-hybridized carbons (Fsp3) is 0.750. The van der Waals surface area contributed by atoms with Crippen LogP contribution in [0.3, 0.4) is 0 Å². The van der Waals surface area contributed by atoms with E-state index in [1.807, 2.05) is 12.1 Å². The Morgan fingerprint density at radius 1 is 1.02 bits per heavy atom. The zero-order chi connectivity index (χ0) is 32.9. The van der Waals surface area contributed by atoms with E-state index in [1.165, 1.54) is 45.4 Å². The number of benzene rings is 1. The lowest BCUT2D eigenvalue weighted by Crippen LogP contribution is -2.25. The lowest BCUT2D eigenvalue weighted by atomic mass is 9.85. The van der Waals surface area contributed by atoms with Gasteiger partial charge in [-0.1, -0.05) is 57.4 Å². The number of guanidine groups is 1. The Hall–Kier alpha value is -3.01. The predicted molar refractivity (Wildman–Crippen MR) is 179 cm³/mol. The van der Waals surface area contributed by atoms with Crippen molar-refractivity contribution in [1.29, 1.82) is 0 Å². The van der Waals surface area contributed by atoms with Crippen LogP contribution in [0.2, 0.25) is 0 Å². The monoisotopic (exact) mass is 642 g/mol. The number of aromatic hydroxyl groups is 1. The minimum absolute atomic E-state index is 0.0421. The van der Waals surface area contributed by atoms with Crippen molar-refractivity contribution >= 4 is 17.8 Å². The maximum Gasteiger partial charge on any atom is 0.302 e. The summed E-state index contributed by atoms with van der Waals surface area (Å²) in [5, 5.41) is 22.1. The number of ether oxygens (including phenoxy) is 2. The number of phenols is 1. The highest BCUT2D eigenvalue weighted by Gasteiger charge is 2.31. The van der Waals surface area contributed by atoms with Crippen LogP contribution in [0.1, 0.15) is 127 Å². The molecular formula is C36H58N4O6. The third kappa shape index (κ3) is 12.0. The van der Waals surface area contributed by atoms with Crippen molar-refractivity contribution in [2.75, 3.05) is 13.1 Å². The highest BCUT2D eigenvalue weighted by atomic mass is 16.5. The molecule has 3 fully saturated rings. The average molecular weight is 643 g/mol. The Kier molecular flexibility index (Phi) is 14.3. The van der Waals surface area contributed by atoms with Crippen LogP contribution in [0.4, 0.5) is 0 Å². The third-order valence-electron chi connectivity index (χ3n) is 10.0. The molecule has 0 radical (unpaired) electrons. The van der Waals surface area contributed by atoms with Gasteiger partial charge in [-0.15, -0.1) is 0 Å². The first-order valence-corrected chi connectivity index (χ1v) is 17.9. The maximum atomic E-state index is 12.9. The minimum Gasteiger partial charge on any atom is -0.504 e. The first kappa shape index (κ1) is 35.8. The number of hydrogen-bond donors (Lipinski definition) is 4. The number of aliphatic imine (C=N–C) groups is 1. The van der Waals surface area contributed by atoms with E-state index < -0.39 is 12.2 Å². The fourth-order valence-corrected chi connectivity index (χ4v) is 7.55. The number of nitrogens with zero attached hydrogens (tertiary/aromatic N) is 2. The minimum atomic E-state index is -0.520. The number of unbranched alkanes of at least 4 members (excludes halogenated alkanes) is 1. The number of carbonyl (C=O) groups excluding carboxylic acids is 2. The highest BCUT2D eigenvalue weighted by molar-refractivity contribution is 5.79. The number of aryl methyl sites for hydroxylation is 1. The molecule has 46 heavy (non-hydrogen) atoms. The molecule has 1 aromatic carbocycles. The van der Waals surface area contributed by atoms with Gasteiger partial charge in [-0.05, 0) is 74.8 Å². The van der Waals surface area contributed by atoms with Crippen LogP contribution in [0.5, 0.6) is 11.5 Å². The van der Waals surface area contributed by atoms with Crippen LogP contribution in [0.15, 0.2) is 17.1 Å². The van der Waals surface area contributed by atoms with E-state index in [4.69, 9.17) is 20.9 Å². The molecular weight excluding hydrogens is 584 g/mol. The lowest BCUT2D eigenvalue weighted by molar-refractivity contribution is -0.148. The predicted octanol–water partition coefficient (Wildman–Crippen LogP) is 5.48. The van der Waals surface area contributed by atoms with Crippen LogP contribution in [-0.4, -0.2) is 64.4 Å². The smallest absolute Gasteiger partial charge is 0.302 e. The quantitative estimate of drug-likeness (QED) is 0.0709. The summed E-state index contributed by atoms with van der Waals surface area (Å²) in [5.74, 6) is 1.25. The van der Waals surface area contributed by atoms with Gasteiger partial charge in [0, 0.05) is 45.0 Å². The first-order valence-electron chi connectivity index (χ1n) is 17.9. The van der Waals surface area contributed by atoms with Crippen molar-refractivity contribution in [2.45, 2.75) is 147 Å². The standard InChI is InChI=1S/C36H58N4O6/c1-25(41)45-32(22-30(42)12-6-5-11-26-9-3-2-4-10-26)16-15-27-19-29(35(44)33(20-27)46-31-13-7-8-14-31)24-40-23-28(21-34(40)43)17-18-39-36(37)38/h19-20,26,28,30-32,42,44H,2-18,21-24H2,1H3,(H4,37,38,39)/t28-,30-,32+/m0/s1. The summed E-state index contributed by atoms with van der Waals surface area (Å²) in [6, 6.07) is 3.82. The second kappa shape index (κ2) is 18.4. The summed E-state index contributed by atoms with van der Waals surface area (Å²) in [6.45, 7) is 2.75. The molecule has 0 unspecified atom stereocenters. The topological polar surface area (TPSA) is 161 Å². The lowest BCUT2D eigenvalue weighted by Gasteiger charge is -2.23. The van der Waals surface area contributed by atoms with Crippen LogP contribution in [-0.2, 0) is 27.3 Å². The molecule has 2 aliphatic carbocycles. The Morgan fingerprint density at radius 3 is 2.48 bits per heavy atom. The van der Waals surface area contributed by atoms with Crippen molar-refractivity contribution in [1.82, 2.24) is 4.90 Å². The molecule has 6 N–H and O–H groups in total. The summed E-state index contributed by atoms with van der Waals surface area (Å²) < 4.78 is 12.0. The van der Waals surface area contributed by atoms with E-state index >= 15 is 0 Å². The maximum absolute atomic E-state index is 12.9. The average Bonchev–Trinajstić information content (AvgIpc) is 3.65. The number of rotatable bonds is 18. The van der Waals surface area contributed by atoms with E-state index in [-0.39, 0.29) is 42.2 Å². The zero-order valence-electron chi connectivity index (χ0n) is 28.0. The van der Waals surface area contributed by atoms with Crippen LogP contribution < -0.4 is 16.2 Å². The van der Waals surface area contributed by atoms with Gasteiger partial charge in [0.25, 0.3) is 0 Å². The van der Waals surface area contributed by atoms with Crippen molar-refractivity contribution in [3.63, 3.8) is 0 Å². The van der Waals surface area contributed by atoms with Crippen LogP contribution >= 0.6 is 0 Å². The van der Waals surface area contributed by atoms with Crippen molar-refractivity contribution < 1.29 is 29.3 Å². The molecule has 10 heteroatoms. The number of amides is 1. The molecule has 2 saturated carbocycles. The first-order chi connectivity index (χ1) is 22.2. The third-order valence-corrected chi connectivity index (χ3v) is 10.0. The van der Waals surface area contributed by atoms with Gasteiger partial charge in [-0.25, -0.2) is 0 Å². The second-order valence-electron chi connectivity index (χ2n) is 14.0. The van der Waals surface area contributed by atoms with Crippen molar-refractivity contribution in [2.24, 2.45) is 28.3 Å². The van der Waals surface area contributed by atoms with Crippen LogP contribution in [0, 0.1) is 11.8 Å². The second-order valence-corrected chi connectivity index (χ2v) is 14.0. The zero-order valence-corrected chi connectivity index (χ0v) is 28.0. The number of carbonyl (C=O) groups is 2. The van der Waals surface area contributed by atoms with Gasteiger partial charge < -0.3 is 36.1 Å². The molecule has 10 nitrogen and oxygen atoms in total. The molecule has 258 valence electrons. The van der Waals surface area contributed by atoms with E-state index in [1.54, 1.807) is 4.90 Å². The Labute approximate surface area is 275 Å². The number of nitrogens with two attached hydrogens (primary N) is 2. The van der Waals surface area contributed by atoms with E-state index in [9.17, 15) is 19.8 Å². The Balaban J connectivity index is 1.37. The number of esters is 1. The molecule has 3 aliphatic rings. The van der Waals surface area contributed by atoms with E-state index in [0.717, 1.165) is 50.0 Å². The molecule has 0 spiro atoms. The highest BCUT2D eigenvalue weighted by Crippen LogP contribution is 2.37. The van der Waals surface area contributed by atoms with Gasteiger partial charge in [0.2, 0.25) is 5.91 Å². The molecule has 1 saturated heterocycles.